The summed E-state index contributed by atoms with van der Waals surface area (Å²) >= 11 is 0. The zero-order valence-corrected chi connectivity index (χ0v) is 19.1. The molecule has 0 aromatic carbocycles. The molecule has 0 radical (unpaired) electrons. The van der Waals surface area contributed by atoms with Crippen LogP contribution < -0.4 is 15.8 Å². The Balaban J connectivity index is 1.74. The number of nitrogens with one attached hydrogen (secondary N) is 2. The van der Waals surface area contributed by atoms with E-state index in [1.807, 2.05) is 14.0 Å². The number of likely N-dealkylation sites (N-methyl/N-ethyl adjacent to an activating group) is 1. The van der Waals surface area contributed by atoms with Gasteiger partial charge in [0, 0.05) is 25.7 Å². The first-order valence-electron chi connectivity index (χ1n) is 11.4. The lowest BCUT2D eigenvalue weighted by molar-refractivity contribution is -0.154. The number of hydrogen-bond acceptors (Lipinski definition) is 8. The van der Waals surface area contributed by atoms with Crippen molar-refractivity contribution in [2.24, 2.45) is 11.8 Å². The SMILES string of the molecule is C[C@@H]1CN(C)CCN1c1nc(CF)nc(NNC(=O)[C@@H](CC2CCCC2)CN(O)C=O)c1F. The summed E-state index contributed by atoms with van der Waals surface area (Å²) in [5, 5.41) is 10.0. The number of rotatable bonds is 10. The Morgan fingerprint density at radius 1 is 1.33 bits per heavy atom. The molecule has 2 amide bonds. The lowest BCUT2D eigenvalue weighted by Crippen LogP contribution is -2.51. The highest BCUT2D eigenvalue weighted by atomic mass is 19.1. The number of carbonyl (C=O) groups is 2. The minimum absolute atomic E-state index is 0.0139. The van der Waals surface area contributed by atoms with Gasteiger partial charge in [-0.15, -0.1) is 0 Å². The zero-order valence-electron chi connectivity index (χ0n) is 19.1. The second kappa shape index (κ2) is 11.5. The van der Waals surface area contributed by atoms with Gasteiger partial charge in [-0.2, -0.15) is 4.39 Å². The Morgan fingerprint density at radius 3 is 2.70 bits per heavy atom. The second-order valence-electron chi connectivity index (χ2n) is 8.99. The number of nitrogens with zero attached hydrogens (tertiary/aromatic N) is 5. The topological polar surface area (TPSA) is 114 Å². The number of hydrogen-bond donors (Lipinski definition) is 3. The summed E-state index contributed by atoms with van der Waals surface area (Å²) in [4.78, 5) is 35.4. The molecule has 0 unspecified atom stereocenters. The monoisotopic (exact) mass is 469 g/mol. The molecule has 0 spiro atoms. The van der Waals surface area contributed by atoms with Crippen molar-refractivity contribution in [3.05, 3.63) is 11.6 Å². The van der Waals surface area contributed by atoms with Gasteiger partial charge >= 0.3 is 0 Å². The maximum Gasteiger partial charge on any atom is 0.243 e. The molecule has 1 aliphatic heterocycles. The van der Waals surface area contributed by atoms with Crippen LogP contribution >= 0.6 is 0 Å². The van der Waals surface area contributed by atoms with Gasteiger partial charge in [0.2, 0.25) is 18.1 Å². The van der Waals surface area contributed by atoms with Crippen molar-refractivity contribution in [3.63, 3.8) is 0 Å². The third-order valence-corrected chi connectivity index (χ3v) is 6.40. The molecule has 1 aromatic heterocycles. The first kappa shape index (κ1) is 25.0. The number of hydroxylamine groups is 2. The quantitative estimate of drug-likeness (QED) is 0.270. The summed E-state index contributed by atoms with van der Waals surface area (Å²) in [5.41, 5.74) is 4.89. The van der Waals surface area contributed by atoms with E-state index >= 15 is 4.39 Å². The Kier molecular flexibility index (Phi) is 8.73. The average molecular weight is 470 g/mol. The van der Waals surface area contributed by atoms with Gasteiger partial charge in [0.05, 0.1) is 12.5 Å². The van der Waals surface area contributed by atoms with Crippen LogP contribution in [-0.4, -0.2) is 76.7 Å². The molecule has 2 aliphatic rings. The van der Waals surface area contributed by atoms with Crippen LogP contribution in [0.2, 0.25) is 0 Å². The Bertz CT molecular complexity index is 825. The van der Waals surface area contributed by atoms with E-state index in [1.54, 1.807) is 4.90 Å². The number of piperazine rings is 1. The normalized spacial score (nSPS) is 20.5. The Morgan fingerprint density at radius 2 is 2.06 bits per heavy atom. The average Bonchev–Trinajstić information content (AvgIpc) is 3.31. The van der Waals surface area contributed by atoms with Gasteiger partial charge < -0.3 is 9.80 Å². The van der Waals surface area contributed by atoms with E-state index in [-0.39, 0.29) is 36.5 Å². The van der Waals surface area contributed by atoms with Gasteiger partial charge in [0.15, 0.2) is 17.5 Å². The molecule has 3 rings (SSSR count). The third kappa shape index (κ3) is 6.47. The number of alkyl halides is 1. The highest BCUT2D eigenvalue weighted by Gasteiger charge is 2.29. The van der Waals surface area contributed by atoms with E-state index in [0.717, 1.165) is 25.7 Å². The van der Waals surface area contributed by atoms with E-state index in [9.17, 15) is 19.2 Å². The van der Waals surface area contributed by atoms with Crippen LogP contribution in [0.5, 0.6) is 0 Å². The van der Waals surface area contributed by atoms with Crippen molar-refractivity contribution in [2.75, 3.05) is 43.6 Å². The van der Waals surface area contributed by atoms with E-state index in [1.165, 1.54) is 0 Å². The minimum atomic E-state index is -0.985. The predicted molar refractivity (Wildman–Crippen MR) is 117 cm³/mol. The van der Waals surface area contributed by atoms with Crippen LogP contribution in [0.15, 0.2) is 0 Å². The molecule has 3 N–H and O–H groups in total. The van der Waals surface area contributed by atoms with Crippen molar-refractivity contribution in [2.45, 2.75) is 51.7 Å². The summed E-state index contributed by atoms with van der Waals surface area (Å²) in [6, 6.07) is -0.0438. The van der Waals surface area contributed by atoms with Crippen molar-refractivity contribution in [3.8, 4) is 0 Å². The van der Waals surface area contributed by atoms with Crippen LogP contribution in [0.4, 0.5) is 20.4 Å². The molecule has 12 heteroatoms. The van der Waals surface area contributed by atoms with Crippen molar-refractivity contribution in [1.82, 2.24) is 25.4 Å². The number of amides is 2. The molecule has 1 aromatic rings. The molecule has 0 bridgehead atoms. The molecule has 1 aliphatic carbocycles. The maximum absolute atomic E-state index is 15.3. The van der Waals surface area contributed by atoms with Gasteiger partial charge in [0.1, 0.15) is 6.67 Å². The van der Waals surface area contributed by atoms with Crippen LogP contribution in [-0.2, 0) is 16.3 Å². The fraction of sp³-hybridized carbons (Fsp3) is 0.714. The number of anilines is 2. The lowest BCUT2D eigenvalue weighted by Gasteiger charge is -2.39. The van der Waals surface area contributed by atoms with Gasteiger partial charge in [-0.1, -0.05) is 25.7 Å². The van der Waals surface area contributed by atoms with E-state index in [0.29, 0.717) is 37.0 Å². The summed E-state index contributed by atoms with van der Waals surface area (Å²) in [6.45, 7) is 2.69. The van der Waals surface area contributed by atoms with Gasteiger partial charge in [-0.25, -0.2) is 19.4 Å². The molecule has 2 heterocycles. The highest BCUT2D eigenvalue weighted by Crippen LogP contribution is 2.31. The fourth-order valence-corrected chi connectivity index (χ4v) is 4.67. The zero-order chi connectivity index (χ0) is 24.0. The predicted octanol–water partition coefficient (Wildman–Crippen LogP) is 1.71. The van der Waals surface area contributed by atoms with E-state index in [4.69, 9.17) is 0 Å². The summed E-state index contributed by atoms with van der Waals surface area (Å²) in [5.74, 6) is -2.22. The molecular weight excluding hydrogens is 436 g/mol. The molecule has 2 atom stereocenters. The smallest absolute Gasteiger partial charge is 0.243 e. The molecule has 2 fully saturated rings. The van der Waals surface area contributed by atoms with Crippen molar-refractivity contribution in [1.29, 1.82) is 0 Å². The third-order valence-electron chi connectivity index (χ3n) is 6.40. The molecule has 1 saturated heterocycles. The Labute approximate surface area is 192 Å². The molecule has 10 nitrogen and oxygen atoms in total. The fourth-order valence-electron chi connectivity index (χ4n) is 4.67. The van der Waals surface area contributed by atoms with Crippen LogP contribution in [0.3, 0.4) is 0 Å². The second-order valence-corrected chi connectivity index (χ2v) is 8.99. The summed E-state index contributed by atoms with van der Waals surface area (Å²) in [7, 11) is 1.97. The number of halogens is 2. The largest absolute Gasteiger partial charge is 0.349 e. The van der Waals surface area contributed by atoms with Crippen molar-refractivity contribution >= 4 is 24.0 Å². The first-order chi connectivity index (χ1) is 15.8. The lowest BCUT2D eigenvalue weighted by atomic mass is 9.92. The van der Waals surface area contributed by atoms with Crippen molar-refractivity contribution < 1.29 is 23.6 Å². The maximum atomic E-state index is 15.3. The first-order valence-corrected chi connectivity index (χ1v) is 11.4. The number of aromatic nitrogens is 2. The Hall–Kier alpha value is -2.60. The summed E-state index contributed by atoms with van der Waals surface area (Å²) < 4.78 is 28.7. The molecular formula is C21H33F2N7O3. The van der Waals surface area contributed by atoms with Gasteiger partial charge in [-0.3, -0.25) is 25.6 Å². The van der Waals surface area contributed by atoms with Crippen LogP contribution in [0, 0.1) is 17.7 Å². The number of carbonyl (C=O) groups excluding carboxylic acids is 2. The molecule has 1 saturated carbocycles. The van der Waals surface area contributed by atoms with Crippen LogP contribution in [0.1, 0.15) is 44.9 Å². The highest BCUT2D eigenvalue weighted by molar-refractivity contribution is 5.80. The van der Waals surface area contributed by atoms with Gasteiger partial charge in [-0.05, 0) is 26.3 Å². The minimum Gasteiger partial charge on any atom is -0.349 e. The van der Waals surface area contributed by atoms with E-state index in [2.05, 4.69) is 25.7 Å². The van der Waals surface area contributed by atoms with E-state index < -0.39 is 24.3 Å². The molecule has 33 heavy (non-hydrogen) atoms. The number of hydrazine groups is 1. The standard InChI is InChI=1S/C21H33F2N7O3/c1-14-11-28(2)7-8-30(14)20-18(23)19(24-17(10-22)25-20)26-27-21(32)16(12-29(33)13-31)9-15-5-3-4-6-15/h13-16,33H,3-12H2,1-2H3,(H,27,32)(H,24,25,26)/t14-,16+/m1/s1. The summed E-state index contributed by atoms with van der Waals surface area (Å²) in [6.07, 6.45) is 4.86. The van der Waals surface area contributed by atoms with Gasteiger partial charge in [0.25, 0.3) is 0 Å². The van der Waals surface area contributed by atoms with Crippen LogP contribution in [0.25, 0.3) is 0 Å². The molecule has 184 valence electrons.